The third-order valence-electron chi connectivity index (χ3n) is 4.41. The van der Waals surface area contributed by atoms with Crippen molar-refractivity contribution in [2.24, 2.45) is 0 Å². The van der Waals surface area contributed by atoms with Crippen LogP contribution in [-0.4, -0.2) is 39.9 Å². The van der Waals surface area contributed by atoms with Crippen LogP contribution in [0.1, 0.15) is 30.1 Å². The van der Waals surface area contributed by atoms with E-state index < -0.39 is 27.8 Å². The molecule has 1 heterocycles. The Labute approximate surface area is 173 Å². The molecule has 0 spiro atoms. The van der Waals surface area contributed by atoms with E-state index in [1.807, 2.05) is 0 Å². The Morgan fingerprint density at radius 2 is 1.77 bits per heavy atom. The molecule has 10 heteroatoms. The molecule has 0 unspecified atom stereocenters. The first-order valence-corrected chi connectivity index (χ1v) is 10.6. The minimum absolute atomic E-state index is 0.0129. The minimum Gasteiger partial charge on any atom is -0.495 e. The van der Waals surface area contributed by atoms with Gasteiger partial charge in [-0.2, -0.15) is 0 Å². The van der Waals surface area contributed by atoms with E-state index in [0.29, 0.717) is 0 Å². The van der Waals surface area contributed by atoms with E-state index in [9.17, 15) is 22.8 Å². The summed E-state index contributed by atoms with van der Waals surface area (Å²) < 4.78 is 38.7. The van der Waals surface area contributed by atoms with Crippen LogP contribution in [-0.2, 0) is 24.3 Å². The van der Waals surface area contributed by atoms with Crippen LogP contribution in [0, 0.1) is 0 Å². The van der Waals surface area contributed by atoms with E-state index in [0.717, 1.165) is 4.90 Å². The molecule has 1 saturated heterocycles. The van der Waals surface area contributed by atoms with Gasteiger partial charge < -0.3 is 9.47 Å². The molecule has 1 N–H and O–H groups in total. The predicted molar refractivity (Wildman–Crippen MR) is 108 cm³/mol. The second-order valence-electron chi connectivity index (χ2n) is 6.33. The molecule has 0 saturated carbocycles. The monoisotopic (exact) mass is 432 g/mol. The minimum atomic E-state index is -4.25. The summed E-state index contributed by atoms with van der Waals surface area (Å²) in [5, 5.41) is 0. The number of carbonyl (C=O) groups excluding carboxylic acids is 3. The van der Waals surface area contributed by atoms with Gasteiger partial charge in [0.2, 0.25) is 11.8 Å². The molecule has 1 fully saturated rings. The number of ether oxygens (including phenoxy) is 2. The Kier molecular flexibility index (Phi) is 6.06. The molecule has 2 amide bonds. The molecule has 30 heavy (non-hydrogen) atoms. The Balaban J connectivity index is 2.03. The summed E-state index contributed by atoms with van der Waals surface area (Å²) in [5.41, 5.74) is 0.196. The number of sulfonamides is 1. The van der Waals surface area contributed by atoms with Gasteiger partial charge in [0.25, 0.3) is 10.0 Å². The predicted octanol–water partition coefficient (Wildman–Crippen LogP) is 2.33. The van der Waals surface area contributed by atoms with Crippen molar-refractivity contribution < 1.29 is 32.3 Å². The van der Waals surface area contributed by atoms with E-state index in [1.54, 1.807) is 19.1 Å². The first-order chi connectivity index (χ1) is 14.3. The number of anilines is 2. The van der Waals surface area contributed by atoms with E-state index in [1.165, 1.54) is 37.4 Å². The number of para-hydroxylation sites is 1. The SMILES string of the molecule is CCOC(=O)c1ccccc1NS(=O)(=O)c1cc(N2C(=O)CCC2=O)ccc1OC. The largest absolute Gasteiger partial charge is 0.495 e. The van der Waals surface area contributed by atoms with Gasteiger partial charge in [0.1, 0.15) is 10.6 Å². The Morgan fingerprint density at radius 3 is 2.40 bits per heavy atom. The lowest BCUT2D eigenvalue weighted by molar-refractivity contribution is -0.121. The fraction of sp³-hybridized carbons (Fsp3) is 0.250. The fourth-order valence-electron chi connectivity index (χ4n) is 3.04. The van der Waals surface area contributed by atoms with Gasteiger partial charge in [-0.1, -0.05) is 12.1 Å². The summed E-state index contributed by atoms with van der Waals surface area (Å²) in [6.45, 7) is 1.77. The maximum absolute atomic E-state index is 13.1. The quantitative estimate of drug-likeness (QED) is 0.527. The molecule has 0 atom stereocenters. The molecule has 9 nitrogen and oxygen atoms in total. The normalized spacial score (nSPS) is 14.0. The molecule has 1 aliphatic heterocycles. The highest BCUT2D eigenvalue weighted by atomic mass is 32.2. The third-order valence-corrected chi connectivity index (χ3v) is 5.80. The maximum Gasteiger partial charge on any atom is 0.340 e. The average Bonchev–Trinajstić information content (AvgIpc) is 3.06. The van der Waals surface area contributed by atoms with Gasteiger partial charge >= 0.3 is 5.97 Å². The highest BCUT2D eigenvalue weighted by Gasteiger charge is 2.32. The van der Waals surface area contributed by atoms with E-state index >= 15 is 0 Å². The highest BCUT2D eigenvalue weighted by molar-refractivity contribution is 7.92. The number of carbonyl (C=O) groups is 3. The molecule has 2 aromatic rings. The number of methoxy groups -OCH3 is 1. The van der Waals surface area contributed by atoms with Crippen LogP contribution >= 0.6 is 0 Å². The maximum atomic E-state index is 13.1. The lowest BCUT2D eigenvalue weighted by Gasteiger charge is -2.18. The molecule has 1 aliphatic rings. The van der Waals surface area contributed by atoms with Gasteiger partial charge in [-0.05, 0) is 37.3 Å². The van der Waals surface area contributed by atoms with Gasteiger partial charge in [-0.15, -0.1) is 0 Å². The number of hydrogen-bond donors (Lipinski definition) is 1. The summed E-state index contributed by atoms with van der Waals surface area (Å²) in [6.07, 6.45) is 0.135. The Bertz CT molecular complexity index is 1100. The summed E-state index contributed by atoms with van der Waals surface area (Å²) in [5.74, 6) is -1.48. The number of imide groups is 1. The summed E-state index contributed by atoms with van der Waals surface area (Å²) >= 11 is 0. The molecular formula is C20H20N2O7S. The molecule has 0 radical (unpaired) electrons. The zero-order valence-corrected chi connectivity index (χ0v) is 17.2. The van der Waals surface area contributed by atoms with Crippen molar-refractivity contribution >= 4 is 39.2 Å². The number of nitrogens with zero attached hydrogens (tertiary/aromatic N) is 1. The molecule has 3 rings (SSSR count). The van der Waals surface area contributed by atoms with E-state index in [2.05, 4.69) is 4.72 Å². The second-order valence-corrected chi connectivity index (χ2v) is 7.98. The standard InChI is InChI=1S/C20H20N2O7S/c1-3-29-20(25)14-6-4-5-7-15(14)21-30(26,27)17-12-13(8-9-16(17)28-2)22-18(23)10-11-19(22)24/h4-9,12,21H,3,10-11H2,1-2H3. The number of benzene rings is 2. The first-order valence-electron chi connectivity index (χ1n) is 9.11. The number of amides is 2. The van der Waals surface area contributed by atoms with E-state index in [-0.39, 0.29) is 47.0 Å². The topological polar surface area (TPSA) is 119 Å². The van der Waals surface area contributed by atoms with Crippen molar-refractivity contribution in [3.63, 3.8) is 0 Å². The molecule has 0 aromatic heterocycles. The lowest BCUT2D eigenvalue weighted by atomic mass is 10.2. The average molecular weight is 432 g/mol. The van der Waals surface area contributed by atoms with E-state index in [4.69, 9.17) is 9.47 Å². The Hall–Kier alpha value is -3.40. The third kappa shape index (κ3) is 4.13. The van der Waals surface area contributed by atoms with Crippen LogP contribution in [0.4, 0.5) is 11.4 Å². The van der Waals surface area contributed by atoms with Crippen molar-refractivity contribution in [3.05, 3.63) is 48.0 Å². The summed E-state index contributed by atoms with van der Waals surface area (Å²) in [6, 6.07) is 9.99. The zero-order valence-electron chi connectivity index (χ0n) is 16.4. The van der Waals surface area contributed by atoms with Crippen molar-refractivity contribution in [1.82, 2.24) is 0 Å². The van der Waals surface area contributed by atoms with Gasteiger partial charge in [-0.25, -0.2) is 13.2 Å². The highest BCUT2D eigenvalue weighted by Crippen LogP contribution is 2.33. The molecule has 158 valence electrons. The van der Waals surface area contributed by atoms with Crippen LogP contribution in [0.25, 0.3) is 0 Å². The van der Waals surface area contributed by atoms with Crippen LogP contribution in [0.15, 0.2) is 47.4 Å². The fourth-order valence-corrected chi connectivity index (χ4v) is 4.31. The number of rotatable bonds is 7. The van der Waals surface area contributed by atoms with Gasteiger partial charge in [0.05, 0.1) is 30.7 Å². The van der Waals surface area contributed by atoms with Gasteiger partial charge in [0.15, 0.2) is 0 Å². The summed E-state index contributed by atoms with van der Waals surface area (Å²) in [7, 11) is -2.95. The van der Waals surface area contributed by atoms with Crippen molar-refractivity contribution in [3.8, 4) is 5.75 Å². The number of nitrogens with one attached hydrogen (secondary N) is 1. The van der Waals surface area contributed by atoms with Gasteiger partial charge in [-0.3, -0.25) is 19.2 Å². The van der Waals surface area contributed by atoms with Crippen LogP contribution in [0.3, 0.4) is 0 Å². The van der Waals surface area contributed by atoms with Crippen molar-refractivity contribution in [1.29, 1.82) is 0 Å². The van der Waals surface area contributed by atoms with Crippen molar-refractivity contribution in [2.45, 2.75) is 24.7 Å². The molecule has 0 aliphatic carbocycles. The van der Waals surface area contributed by atoms with Gasteiger partial charge in [0, 0.05) is 12.8 Å². The number of hydrogen-bond acceptors (Lipinski definition) is 7. The lowest BCUT2D eigenvalue weighted by Crippen LogP contribution is -2.29. The molecule has 2 aromatic carbocycles. The summed E-state index contributed by atoms with van der Waals surface area (Å²) in [4.78, 5) is 36.9. The smallest absolute Gasteiger partial charge is 0.340 e. The van der Waals surface area contributed by atoms with Crippen molar-refractivity contribution in [2.75, 3.05) is 23.3 Å². The van der Waals surface area contributed by atoms with Crippen LogP contribution in [0.2, 0.25) is 0 Å². The number of esters is 1. The Morgan fingerprint density at radius 1 is 1.10 bits per heavy atom. The van der Waals surface area contributed by atoms with Crippen LogP contribution < -0.4 is 14.4 Å². The zero-order chi connectivity index (χ0) is 21.9. The molecular weight excluding hydrogens is 412 g/mol. The molecule has 0 bridgehead atoms. The van der Waals surface area contributed by atoms with Crippen LogP contribution in [0.5, 0.6) is 5.75 Å². The first kappa shape index (κ1) is 21.3. The second kappa shape index (κ2) is 8.54.